The van der Waals surface area contributed by atoms with Crippen LogP contribution in [0.2, 0.25) is 0 Å². The Bertz CT molecular complexity index is 561. The van der Waals surface area contributed by atoms with E-state index in [9.17, 15) is 9.18 Å². The molecule has 0 saturated heterocycles. The third-order valence-corrected chi connectivity index (χ3v) is 2.55. The highest BCUT2D eigenvalue weighted by Crippen LogP contribution is 2.12. The third-order valence-electron chi connectivity index (χ3n) is 2.55. The summed E-state index contributed by atoms with van der Waals surface area (Å²) < 4.78 is 13.0. The number of halogens is 3. The molecule has 8 heteroatoms. The van der Waals surface area contributed by atoms with E-state index in [-0.39, 0.29) is 36.5 Å². The van der Waals surface area contributed by atoms with Gasteiger partial charge in [-0.05, 0) is 18.2 Å². The lowest BCUT2D eigenvalue weighted by Crippen LogP contribution is -2.27. The van der Waals surface area contributed by atoms with Crippen LogP contribution in [-0.4, -0.2) is 29.0 Å². The Morgan fingerprint density at radius 2 is 2.15 bits per heavy atom. The quantitative estimate of drug-likeness (QED) is 0.781. The molecule has 112 valence electrons. The van der Waals surface area contributed by atoms with E-state index in [0.29, 0.717) is 31.4 Å². The maximum Gasteiger partial charge on any atom is 0.221 e. The molecule has 0 saturated carbocycles. The topological polar surface area (TPSA) is 83.8 Å². The summed E-state index contributed by atoms with van der Waals surface area (Å²) in [4.78, 5) is 18.5. The fourth-order valence-electron chi connectivity index (χ4n) is 1.69. The van der Waals surface area contributed by atoms with Crippen molar-refractivity contribution in [1.29, 1.82) is 0 Å². The van der Waals surface area contributed by atoms with Gasteiger partial charge >= 0.3 is 0 Å². The summed E-state index contributed by atoms with van der Waals surface area (Å²) in [6.07, 6.45) is 0.901. The Morgan fingerprint density at radius 1 is 1.40 bits per heavy atom. The maximum absolute atomic E-state index is 13.0. The summed E-state index contributed by atoms with van der Waals surface area (Å²) in [6, 6.07) is 4.40. The van der Waals surface area contributed by atoms with Crippen molar-refractivity contribution in [3.8, 4) is 0 Å². The lowest BCUT2D eigenvalue weighted by atomic mass is 10.3. The molecule has 0 fully saturated rings. The van der Waals surface area contributed by atoms with Gasteiger partial charge in [-0.25, -0.2) is 9.37 Å². The van der Waals surface area contributed by atoms with E-state index in [2.05, 4.69) is 15.3 Å². The number of benzene rings is 1. The molecule has 0 aliphatic rings. The number of nitrogens with two attached hydrogens (primary N) is 1. The second-order valence-corrected chi connectivity index (χ2v) is 3.98. The largest absolute Gasteiger partial charge is 0.356 e. The first-order valence-corrected chi connectivity index (χ1v) is 5.80. The number of carbonyl (C=O) groups is 1. The van der Waals surface area contributed by atoms with Crippen LogP contribution < -0.4 is 11.1 Å². The number of aromatic nitrogens is 2. The molecule has 0 atom stereocenters. The molecule has 0 spiro atoms. The number of rotatable bonds is 5. The smallest absolute Gasteiger partial charge is 0.221 e. The van der Waals surface area contributed by atoms with Gasteiger partial charge in [0.15, 0.2) is 0 Å². The number of aromatic amines is 1. The minimum Gasteiger partial charge on any atom is -0.356 e. The van der Waals surface area contributed by atoms with Gasteiger partial charge in [0.05, 0.1) is 11.0 Å². The molecule has 1 heterocycles. The normalized spacial score (nSPS) is 9.70. The standard InChI is InChI=1S/C12H15FN4O.2ClH/c13-8-1-2-9-10(7-8)17-11(16-9)4-6-15-12(18)3-5-14;;/h1-2,7H,3-6,14H2,(H,15,18)(H,16,17);2*1H. The van der Waals surface area contributed by atoms with Crippen molar-refractivity contribution in [3.05, 3.63) is 29.8 Å². The maximum atomic E-state index is 13.0. The average molecular weight is 323 g/mol. The number of carbonyl (C=O) groups excluding carboxylic acids is 1. The molecule has 2 rings (SSSR count). The molecule has 1 aromatic heterocycles. The number of fused-ring (bicyclic) bond motifs is 1. The second kappa shape index (κ2) is 8.73. The zero-order chi connectivity index (χ0) is 13.0. The van der Waals surface area contributed by atoms with Gasteiger partial charge in [-0.1, -0.05) is 0 Å². The van der Waals surface area contributed by atoms with Crippen molar-refractivity contribution in [2.45, 2.75) is 12.8 Å². The second-order valence-electron chi connectivity index (χ2n) is 3.98. The summed E-state index contributed by atoms with van der Waals surface area (Å²) in [5.41, 5.74) is 6.65. The number of hydrogen-bond acceptors (Lipinski definition) is 3. The van der Waals surface area contributed by atoms with Crippen molar-refractivity contribution in [3.63, 3.8) is 0 Å². The average Bonchev–Trinajstić information content (AvgIpc) is 2.71. The molecule has 1 amide bonds. The Hall–Kier alpha value is -1.37. The molecule has 4 N–H and O–H groups in total. The van der Waals surface area contributed by atoms with E-state index in [0.717, 1.165) is 11.3 Å². The summed E-state index contributed by atoms with van der Waals surface area (Å²) >= 11 is 0. The summed E-state index contributed by atoms with van der Waals surface area (Å²) in [5, 5.41) is 2.73. The summed E-state index contributed by atoms with van der Waals surface area (Å²) in [6.45, 7) is 0.830. The SMILES string of the molecule is Cl.Cl.NCCC(=O)NCCc1nc2ccc(F)cc2[nH]1. The Morgan fingerprint density at radius 3 is 2.85 bits per heavy atom. The monoisotopic (exact) mass is 322 g/mol. The van der Waals surface area contributed by atoms with Crippen LogP contribution in [0.5, 0.6) is 0 Å². The predicted molar refractivity (Wildman–Crippen MR) is 80.9 cm³/mol. The van der Waals surface area contributed by atoms with Gasteiger partial charge in [-0.2, -0.15) is 0 Å². The molecule has 2 aromatic rings. The first-order chi connectivity index (χ1) is 8.69. The minimum absolute atomic E-state index is 0. The Balaban J connectivity index is 0.00000180. The number of H-pyrrole nitrogens is 1. The summed E-state index contributed by atoms with van der Waals surface area (Å²) in [7, 11) is 0. The van der Waals surface area contributed by atoms with E-state index in [1.165, 1.54) is 12.1 Å². The van der Waals surface area contributed by atoms with E-state index in [4.69, 9.17) is 5.73 Å². The van der Waals surface area contributed by atoms with E-state index < -0.39 is 0 Å². The predicted octanol–water partition coefficient (Wildman–Crippen LogP) is 1.55. The Labute approximate surface area is 128 Å². The number of imidazole rings is 1. The molecule has 0 aliphatic heterocycles. The highest BCUT2D eigenvalue weighted by atomic mass is 35.5. The first kappa shape index (κ1) is 18.6. The van der Waals surface area contributed by atoms with Crippen molar-refractivity contribution in [2.24, 2.45) is 5.73 Å². The van der Waals surface area contributed by atoms with E-state index in [1.54, 1.807) is 6.07 Å². The van der Waals surface area contributed by atoms with Crippen LogP contribution in [-0.2, 0) is 11.2 Å². The van der Waals surface area contributed by atoms with Gasteiger partial charge in [0.25, 0.3) is 0 Å². The minimum atomic E-state index is -0.297. The molecule has 0 radical (unpaired) electrons. The van der Waals surface area contributed by atoms with Crippen molar-refractivity contribution in [1.82, 2.24) is 15.3 Å². The van der Waals surface area contributed by atoms with Crippen molar-refractivity contribution in [2.75, 3.05) is 13.1 Å². The number of nitrogens with zero attached hydrogens (tertiary/aromatic N) is 1. The van der Waals surface area contributed by atoms with Gasteiger partial charge < -0.3 is 16.0 Å². The highest BCUT2D eigenvalue weighted by molar-refractivity contribution is 5.85. The van der Waals surface area contributed by atoms with Crippen LogP contribution in [0.15, 0.2) is 18.2 Å². The van der Waals surface area contributed by atoms with Crippen LogP contribution in [0.4, 0.5) is 4.39 Å². The van der Waals surface area contributed by atoms with Gasteiger partial charge in [0.1, 0.15) is 11.6 Å². The fraction of sp³-hybridized carbons (Fsp3) is 0.333. The zero-order valence-corrected chi connectivity index (χ0v) is 12.3. The van der Waals surface area contributed by atoms with Crippen molar-refractivity contribution < 1.29 is 9.18 Å². The zero-order valence-electron chi connectivity index (χ0n) is 10.7. The summed E-state index contributed by atoms with van der Waals surface area (Å²) in [5.74, 6) is 0.359. The molecule has 20 heavy (non-hydrogen) atoms. The van der Waals surface area contributed by atoms with Crippen LogP contribution in [0.3, 0.4) is 0 Å². The molecule has 0 unspecified atom stereocenters. The van der Waals surface area contributed by atoms with Crippen LogP contribution in [0.1, 0.15) is 12.2 Å². The van der Waals surface area contributed by atoms with Gasteiger partial charge in [0.2, 0.25) is 5.91 Å². The van der Waals surface area contributed by atoms with E-state index >= 15 is 0 Å². The molecular formula is C12H17Cl2FN4O. The third kappa shape index (κ3) is 4.96. The van der Waals surface area contributed by atoms with Gasteiger partial charge in [-0.3, -0.25) is 4.79 Å². The van der Waals surface area contributed by atoms with Crippen molar-refractivity contribution >= 4 is 41.8 Å². The van der Waals surface area contributed by atoms with Gasteiger partial charge in [0, 0.05) is 25.9 Å². The number of nitrogens with one attached hydrogen (secondary N) is 2. The lowest BCUT2D eigenvalue weighted by molar-refractivity contribution is -0.120. The van der Waals surface area contributed by atoms with Gasteiger partial charge in [-0.15, -0.1) is 24.8 Å². The van der Waals surface area contributed by atoms with Crippen LogP contribution >= 0.6 is 24.8 Å². The van der Waals surface area contributed by atoms with Crippen LogP contribution in [0, 0.1) is 5.82 Å². The Kier molecular flexibility index (Phi) is 8.13. The molecular weight excluding hydrogens is 306 g/mol. The first-order valence-electron chi connectivity index (χ1n) is 5.80. The molecule has 0 bridgehead atoms. The molecule has 0 aliphatic carbocycles. The highest BCUT2D eigenvalue weighted by Gasteiger charge is 2.04. The van der Waals surface area contributed by atoms with E-state index in [1.807, 2.05) is 0 Å². The molecule has 1 aromatic carbocycles. The number of hydrogen-bond donors (Lipinski definition) is 3. The fourth-order valence-corrected chi connectivity index (χ4v) is 1.69. The molecule has 5 nitrogen and oxygen atoms in total. The number of amides is 1. The van der Waals surface area contributed by atoms with Crippen LogP contribution in [0.25, 0.3) is 11.0 Å². The lowest BCUT2D eigenvalue weighted by Gasteiger charge is -2.01.